The standard InChI is InChI=1S/C26H31FN6O3/c1-15-13-32-14-17(10-20(27)22(32)29-15)21-28-12-19(16(2)30-21)23(34)31-18-6-9-33(26(11-18)7-8-26)24(35)36-25(3,4)5/h10,12-14,18H,6-9,11H2,1-5H3,(H,31,34). The average molecular weight is 495 g/mol. The minimum absolute atomic E-state index is 0.0567. The number of hydrogen-bond donors (Lipinski definition) is 1. The van der Waals surface area contributed by atoms with Gasteiger partial charge in [-0.15, -0.1) is 0 Å². The molecule has 3 aromatic heterocycles. The summed E-state index contributed by atoms with van der Waals surface area (Å²) in [6.07, 6.45) is 7.81. The minimum atomic E-state index is -0.544. The molecule has 2 fully saturated rings. The van der Waals surface area contributed by atoms with E-state index < -0.39 is 11.4 Å². The van der Waals surface area contributed by atoms with E-state index in [4.69, 9.17) is 4.74 Å². The number of ether oxygens (including phenoxy) is 1. The number of hydrogen-bond acceptors (Lipinski definition) is 6. The molecule has 1 saturated heterocycles. The van der Waals surface area contributed by atoms with Crippen molar-refractivity contribution in [2.75, 3.05) is 6.54 Å². The van der Waals surface area contributed by atoms with Crippen LogP contribution in [0.4, 0.5) is 9.18 Å². The molecule has 1 saturated carbocycles. The number of carbonyl (C=O) groups excluding carboxylic acids is 2. The zero-order valence-corrected chi connectivity index (χ0v) is 21.3. The van der Waals surface area contributed by atoms with E-state index in [2.05, 4.69) is 20.3 Å². The Bertz CT molecular complexity index is 1360. The highest BCUT2D eigenvalue weighted by atomic mass is 19.1. The summed E-state index contributed by atoms with van der Waals surface area (Å²) >= 11 is 0. The molecule has 3 aromatic rings. The van der Waals surface area contributed by atoms with Crippen LogP contribution in [0.2, 0.25) is 0 Å². The second-order valence-corrected chi connectivity index (χ2v) is 10.9. The van der Waals surface area contributed by atoms with Crippen LogP contribution in [0, 0.1) is 19.7 Å². The van der Waals surface area contributed by atoms with Gasteiger partial charge in [0.15, 0.2) is 17.3 Å². The third-order valence-corrected chi connectivity index (χ3v) is 6.79. The molecule has 36 heavy (non-hydrogen) atoms. The molecule has 10 heteroatoms. The molecule has 1 unspecified atom stereocenters. The fourth-order valence-corrected chi connectivity index (χ4v) is 4.93. The molecular formula is C26H31FN6O3. The summed E-state index contributed by atoms with van der Waals surface area (Å²) < 4.78 is 21.7. The number of amides is 2. The lowest BCUT2D eigenvalue weighted by molar-refractivity contribution is 0.00283. The van der Waals surface area contributed by atoms with Gasteiger partial charge < -0.3 is 19.4 Å². The Kier molecular flexibility index (Phi) is 5.72. The Morgan fingerprint density at radius 3 is 2.61 bits per heavy atom. The number of imidazole rings is 1. The van der Waals surface area contributed by atoms with Gasteiger partial charge in [-0.3, -0.25) is 4.79 Å². The molecule has 2 amide bonds. The quantitative estimate of drug-likeness (QED) is 0.585. The summed E-state index contributed by atoms with van der Waals surface area (Å²) in [7, 11) is 0. The van der Waals surface area contributed by atoms with E-state index in [9.17, 15) is 14.0 Å². The van der Waals surface area contributed by atoms with Gasteiger partial charge in [0.1, 0.15) is 5.60 Å². The van der Waals surface area contributed by atoms with E-state index in [1.54, 1.807) is 30.6 Å². The molecule has 1 aliphatic carbocycles. The molecule has 5 rings (SSSR count). The highest BCUT2D eigenvalue weighted by molar-refractivity contribution is 5.95. The first-order chi connectivity index (χ1) is 16.9. The van der Waals surface area contributed by atoms with Crippen molar-refractivity contribution in [2.24, 2.45) is 0 Å². The van der Waals surface area contributed by atoms with Crippen molar-refractivity contribution in [2.45, 2.75) is 77.5 Å². The van der Waals surface area contributed by atoms with Crippen molar-refractivity contribution in [3.05, 3.63) is 47.4 Å². The number of aromatic nitrogens is 4. The monoisotopic (exact) mass is 494 g/mol. The van der Waals surface area contributed by atoms with Crippen LogP contribution in [0.15, 0.2) is 24.7 Å². The molecule has 9 nitrogen and oxygen atoms in total. The third kappa shape index (κ3) is 4.64. The van der Waals surface area contributed by atoms with E-state index in [0.717, 1.165) is 12.8 Å². The van der Waals surface area contributed by atoms with Gasteiger partial charge in [-0.2, -0.15) is 0 Å². The predicted octanol–water partition coefficient (Wildman–Crippen LogP) is 4.21. The normalized spacial score (nSPS) is 18.9. The molecule has 1 atom stereocenters. The Labute approximate surface area is 209 Å². The molecular weight excluding hydrogens is 463 g/mol. The molecule has 4 heterocycles. The van der Waals surface area contributed by atoms with Gasteiger partial charge in [-0.1, -0.05) is 0 Å². The maximum absolute atomic E-state index is 14.5. The number of piperidine rings is 1. The molecule has 1 N–H and O–H groups in total. The Balaban J connectivity index is 1.28. The second kappa shape index (κ2) is 8.53. The van der Waals surface area contributed by atoms with E-state index in [0.29, 0.717) is 47.7 Å². The lowest BCUT2D eigenvalue weighted by Crippen LogP contribution is -2.54. The molecule has 190 valence electrons. The van der Waals surface area contributed by atoms with E-state index in [-0.39, 0.29) is 29.2 Å². The molecule has 2 aliphatic rings. The number of nitrogens with zero attached hydrogens (tertiary/aromatic N) is 5. The van der Waals surface area contributed by atoms with Gasteiger partial charge in [0, 0.05) is 42.3 Å². The first kappa shape index (κ1) is 24.1. The smallest absolute Gasteiger partial charge is 0.410 e. The van der Waals surface area contributed by atoms with Crippen LogP contribution in [0.5, 0.6) is 0 Å². The Morgan fingerprint density at radius 2 is 1.94 bits per heavy atom. The molecule has 0 aromatic carbocycles. The average Bonchev–Trinajstić information content (AvgIpc) is 3.41. The summed E-state index contributed by atoms with van der Waals surface area (Å²) in [5, 5.41) is 3.10. The molecule has 1 aliphatic heterocycles. The topological polar surface area (TPSA) is 102 Å². The molecule has 0 radical (unpaired) electrons. The Hall–Kier alpha value is -3.56. The van der Waals surface area contributed by atoms with E-state index in [1.807, 2.05) is 25.7 Å². The van der Waals surface area contributed by atoms with Crippen LogP contribution < -0.4 is 5.32 Å². The molecule has 0 bridgehead atoms. The van der Waals surface area contributed by atoms with Crippen LogP contribution in [0.25, 0.3) is 17.0 Å². The second-order valence-electron chi connectivity index (χ2n) is 10.9. The first-order valence-electron chi connectivity index (χ1n) is 12.2. The van der Waals surface area contributed by atoms with Gasteiger partial charge in [-0.25, -0.2) is 24.1 Å². The number of fused-ring (bicyclic) bond motifs is 1. The highest BCUT2D eigenvalue weighted by Crippen LogP contribution is 2.48. The lowest BCUT2D eigenvalue weighted by atomic mass is 9.95. The predicted molar refractivity (Wildman–Crippen MR) is 131 cm³/mol. The zero-order chi connectivity index (χ0) is 25.8. The molecule has 1 spiro atoms. The number of nitrogens with one attached hydrogen (secondary N) is 1. The first-order valence-corrected chi connectivity index (χ1v) is 12.2. The van der Waals surface area contributed by atoms with Gasteiger partial charge in [0.25, 0.3) is 5.91 Å². The number of likely N-dealkylation sites (tertiary alicyclic amines) is 1. The SMILES string of the molecule is Cc1cn2cc(-c3ncc(C(=O)NC4CCN(C(=O)OC(C)(C)C)C5(CC5)C4)c(C)n3)cc(F)c2n1. The lowest BCUT2D eigenvalue weighted by Gasteiger charge is -2.40. The fraction of sp³-hybridized carbons (Fsp3) is 0.500. The largest absolute Gasteiger partial charge is 0.444 e. The van der Waals surface area contributed by atoms with Gasteiger partial charge in [0.2, 0.25) is 0 Å². The number of aryl methyl sites for hydroxylation is 2. The summed E-state index contributed by atoms with van der Waals surface area (Å²) in [6.45, 7) is 9.66. The van der Waals surface area contributed by atoms with Gasteiger partial charge in [-0.05, 0) is 66.4 Å². The minimum Gasteiger partial charge on any atom is -0.444 e. The highest BCUT2D eigenvalue weighted by Gasteiger charge is 2.54. The van der Waals surface area contributed by atoms with Crippen LogP contribution in [-0.4, -0.2) is 60.0 Å². The van der Waals surface area contributed by atoms with Crippen LogP contribution in [0.1, 0.15) is 68.2 Å². The van der Waals surface area contributed by atoms with Crippen molar-refractivity contribution in [1.82, 2.24) is 29.6 Å². The zero-order valence-electron chi connectivity index (χ0n) is 21.3. The number of rotatable bonds is 3. The summed E-state index contributed by atoms with van der Waals surface area (Å²) in [4.78, 5) is 40.6. The van der Waals surface area contributed by atoms with Crippen LogP contribution in [0.3, 0.4) is 0 Å². The number of carbonyl (C=O) groups is 2. The van der Waals surface area contributed by atoms with Crippen molar-refractivity contribution < 1.29 is 18.7 Å². The van der Waals surface area contributed by atoms with Gasteiger partial charge >= 0.3 is 6.09 Å². The van der Waals surface area contributed by atoms with E-state index >= 15 is 0 Å². The maximum Gasteiger partial charge on any atom is 0.410 e. The fourth-order valence-electron chi connectivity index (χ4n) is 4.93. The summed E-state index contributed by atoms with van der Waals surface area (Å²) in [5.41, 5.74) is 1.55. The maximum atomic E-state index is 14.5. The van der Waals surface area contributed by atoms with Crippen LogP contribution in [-0.2, 0) is 4.74 Å². The van der Waals surface area contributed by atoms with Crippen LogP contribution >= 0.6 is 0 Å². The number of halogens is 1. The van der Waals surface area contributed by atoms with Crippen molar-refractivity contribution in [3.63, 3.8) is 0 Å². The summed E-state index contributed by atoms with van der Waals surface area (Å²) in [6, 6.07) is 1.29. The van der Waals surface area contributed by atoms with Gasteiger partial charge in [0.05, 0.1) is 17.0 Å². The van der Waals surface area contributed by atoms with Crippen molar-refractivity contribution in [1.29, 1.82) is 0 Å². The summed E-state index contributed by atoms with van der Waals surface area (Å²) in [5.74, 6) is -0.383. The van der Waals surface area contributed by atoms with E-state index in [1.165, 1.54) is 12.3 Å². The number of pyridine rings is 1. The third-order valence-electron chi connectivity index (χ3n) is 6.79. The van der Waals surface area contributed by atoms with Crippen molar-refractivity contribution >= 4 is 17.6 Å². The Morgan fingerprint density at radius 1 is 1.19 bits per heavy atom. The van der Waals surface area contributed by atoms with Crippen molar-refractivity contribution in [3.8, 4) is 11.4 Å².